The molecule has 1 aliphatic carbocycles. The van der Waals surface area contributed by atoms with E-state index in [1.165, 1.54) is 44.0 Å². The number of hydroxylamine groups is 1. The number of carbonyl (C=O) groups is 2. The summed E-state index contributed by atoms with van der Waals surface area (Å²) in [5.41, 5.74) is 2.96. The third-order valence-electron chi connectivity index (χ3n) is 4.72. The fraction of sp³-hybridized carbons (Fsp3) is 0.300. The molecule has 0 saturated heterocycles. The van der Waals surface area contributed by atoms with Crippen molar-refractivity contribution in [1.29, 1.82) is 0 Å². The van der Waals surface area contributed by atoms with Crippen LogP contribution < -0.4 is 0 Å². The van der Waals surface area contributed by atoms with E-state index in [4.69, 9.17) is 9.57 Å². The highest BCUT2D eigenvalue weighted by Gasteiger charge is 2.22. The van der Waals surface area contributed by atoms with Gasteiger partial charge in [-0.2, -0.15) is 0 Å². The highest BCUT2D eigenvalue weighted by Crippen LogP contribution is 2.23. The lowest BCUT2D eigenvalue weighted by Crippen LogP contribution is -2.26. The summed E-state index contributed by atoms with van der Waals surface area (Å²) in [6, 6.07) is 10.9. The molecule has 0 unspecified atom stereocenters. The number of sulfonamides is 1. The standard InChI is InChI=1S/C20H21NO6S/c1-21(26-2)28(24,25)18-8-4-7-17(12-18)20(23)27-13-19(22)16-10-9-14-5-3-6-15(14)11-16/h4,7-12H,3,5-6,13H2,1-2H3. The van der Waals surface area contributed by atoms with Gasteiger partial charge in [0.05, 0.1) is 17.6 Å². The fourth-order valence-corrected chi connectivity index (χ4v) is 4.09. The number of esters is 1. The topological polar surface area (TPSA) is 90.0 Å². The van der Waals surface area contributed by atoms with Crippen LogP contribution in [-0.2, 0) is 32.4 Å². The molecule has 0 bridgehead atoms. The second-order valence-corrected chi connectivity index (χ2v) is 8.40. The zero-order valence-corrected chi connectivity index (χ0v) is 16.5. The molecule has 0 saturated carbocycles. The molecule has 0 aliphatic heterocycles. The minimum atomic E-state index is -3.89. The van der Waals surface area contributed by atoms with Gasteiger partial charge < -0.3 is 4.74 Å². The van der Waals surface area contributed by atoms with Crippen LogP contribution in [0.15, 0.2) is 47.4 Å². The van der Waals surface area contributed by atoms with Crippen LogP contribution in [0.4, 0.5) is 0 Å². The van der Waals surface area contributed by atoms with E-state index in [2.05, 4.69) is 0 Å². The van der Waals surface area contributed by atoms with Crippen molar-refractivity contribution in [3.8, 4) is 0 Å². The zero-order chi connectivity index (χ0) is 20.3. The van der Waals surface area contributed by atoms with E-state index in [0.717, 1.165) is 24.8 Å². The second kappa shape index (κ2) is 8.22. The van der Waals surface area contributed by atoms with Crippen molar-refractivity contribution in [1.82, 2.24) is 4.47 Å². The normalized spacial score (nSPS) is 13.4. The van der Waals surface area contributed by atoms with Crippen molar-refractivity contribution in [2.75, 3.05) is 20.8 Å². The van der Waals surface area contributed by atoms with E-state index in [1.807, 2.05) is 12.1 Å². The highest BCUT2D eigenvalue weighted by atomic mass is 32.2. The molecule has 0 heterocycles. The van der Waals surface area contributed by atoms with Gasteiger partial charge in [-0.1, -0.05) is 22.7 Å². The summed E-state index contributed by atoms with van der Waals surface area (Å²) in [5, 5.41) is 0. The average Bonchev–Trinajstić information content (AvgIpc) is 3.18. The summed E-state index contributed by atoms with van der Waals surface area (Å²) >= 11 is 0. The van der Waals surface area contributed by atoms with Crippen LogP contribution in [0.5, 0.6) is 0 Å². The highest BCUT2D eigenvalue weighted by molar-refractivity contribution is 7.89. The van der Waals surface area contributed by atoms with Gasteiger partial charge in [0.1, 0.15) is 0 Å². The molecule has 28 heavy (non-hydrogen) atoms. The summed E-state index contributed by atoms with van der Waals surface area (Å²) in [7, 11) is -1.42. The quantitative estimate of drug-likeness (QED) is 0.401. The molecule has 3 rings (SSSR count). The average molecular weight is 403 g/mol. The Hall–Kier alpha value is -2.55. The number of hydrogen-bond acceptors (Lipinski definition) is 6. The predicted molar refractivity (Wildman–Crippen MR) is 101 cm³/mol. The first-order chi connectivity index (χ1) is 13.3. The van der Waals surface area contributed by atoms with Gasteiger partial charge in [-0.3, -0.25) is 9.63 Å². The second-order valence-electron chi connectivity index (χ2n) is 6.46. The number of nitrogens with zero attached hydrogens (tertiary/aromatic N) is 1. The number of Topliss-reactive ketones (excluding diaryl/α,β-unsaturated/α-hetero) is 1. The summed E-state index contributed by atoms with van der Waals surface area (Å²) in [6.45, 7) is -0.410. The summed E-state index contributed by atoms with van der Waals surface area (Å²) in [4.78, 5) is 29.2. The number of ketones is 1. The molecule has 0 amide bonds. The first kappa shape index (κ1) is 20.2. The smallest absolute Gasteiger partial charge is 0.338 e. The molecule has 2 aromatic carbocycles. The Labute approximate surface area is 163 Å². The van der Waals surface area contributed by atoms with Gasteiger partial charge >= 0.3 is 5.97 Å². The van der Waals surface area contributed by atoms with Crippen LogP contribution >= 0.6 is 0 Å². The van der Waals surface area contributed by atoms with E-state index in [-0.39, 0.29) is 16.2 Å². The van der Waals surface area contributed by atoms with Crippen LogP contribution in [0.1, 0.15) is 38.3 Å². The van der Waals surface area contributed by atoms with Gasteiger partial charge in [-0.05, 0) is 54.7 Å². The number of fused-ring (bicyclic) bond motifs is 1. The zero-order valence-electron chi connectivity index (χ0n) is 15.7. The molecule has 7 nitrogen and oxygen atoms in total. The van der Waals surface area contributed by atoms with Crippen LogP contribution in [0.3, 0.4) is 0 Å². The molecule has 0 fully saturated rings. The molecule has 0 aromatic heterocycles. The predicted octanol–water partition coefficient (Wildman–Crippen LogP) is 2.40. The third-order valence-corrected chi connectivity index (χ3v) is 6.39. The van der Waals surface area contributed by atoms with Gasteiger partial charge in [0, 0.05) is 12.6 Å². The van der Waals surface area contributed by atoms with Crippen LogP contribution in [0.25, 0.3) is 0 Å². The Morgan fingerprint density at radius 3 is 2.54 bits per heavy atom. The lowest BCUT2D eigenvalue weighted by Gasteiger charge is -2.14. The van der Waals surface area contributed by atoms with Crippen molar-refractivity contribution >= 4 is 21.8 Å². The minimum absolute atomic E-state index is 0.0346. The van der Waals surface area contributed by atoms with Gasteiger partial charge in [0.15, 0.2) is 12.4 Å². The Morgan fingerprint density at radius 2 is 1.79 bits per heavy atom. The Balaban J connectivity index is 1.68. The van der Waals surface area contributed by atoms with Crippen LogP contribution in [-0.4, -0.2) is 45.4 Å². The molecule has 0 N–H and O–H groups in total. The number of ether oxygens (including phenoxy) is 1. The van der Waals surface area contributed by atoms with Gasteiger partial charge in [0.25, 0.3) is 10.0 Å². The maximum absolute atomic E-state index is 12.3. The SMILES string of the molecule is CON(C)S(=O)(=O)c1cccc(C(=O)OCC(=O)c2ccc3c(c2)CCC3)c1. The molecule has 0 spiro atoms. The number of aryl methyl sites for hydroxylation is 2. The van der Waals surface area contributed by atoms with Gasteiger partial charge in [0.2, 0.25) is 0 Å². The molecule has 2 aromatic rings. The molecule has 0 radical (unpaired) electrons. The molecule has 148 valence electrons. The van der Waals surface area contributed by atoms with E-state index in [1.54, 1.807) is 6.07 Å². The monoisotopic (exact) mass is 403 g/mol. The Morgan fingerprint density at radius 1 is 1.04 bits per heavy atom. The molecular formula is C20H21NO6S. The molecular weight excluding hydrogens is 382 g/mol. The Kier molecular flexibility index (Phi) is 5.93. The lowest BCUT2D eigenvalue weighted by atomic mass is 10.0. The summed E-state index contributed by atoms with van der Waals surface area (Å²) < 4.78 is 30.3. The molecule has 8 heteroatoms. The van der Waals surface area contributed by atoms with Crippen LogP contribution in [0, 0.1) is 0 Å². The van der Waals surface area contributed by atoms with E-state index in [0.29, 0.717) is 10.0 Å². The number of hydrogen-bond donors (Lipinski definition) is 0. The van der Waals surface area contributed by atoms with E-state index >= 15 is 0 Å². The summed E-state index contributed by atoms with van der Waals surface area (Å²) in [5.74, 6) is -1.07. The van der Waals surface area contributed by atoms with Gasteiger partial charge in [-0.15, -0.1) is 0 Å². The van der Waals surface area contributed by atoms with Crippen molar-refractivity contribution in [2.24, 2.45) is 0 Å². The molecule has 1 aliphatic rings. The van der Waals surface area contributed by atoms with E-state index in [9.17, 15) is 18.0 Å². The van der Waals surface area contributed by atoms with Crippen molar-refractivity contribution in [3.63, 3.8) is 0 Å². The first-order valence-electron chi connectivity index (χ1n) is 8.78. The number of carbonyl (C=O) groups excluding carboxylic acids is 2. The number of rotatable bonds is 7. The Bertz CT molecular complexity index is 1020. The molecule has 0 atom stereocenters. The van der Waals surface area contributed by atoms with Crippen molar-refractivity contribution in [2.45, 2.75) is 24.2 Å². The maximum atomic E-state index is 12.3. The van der Waals surface area contributed by atoms with Crippen LogP contribution in [0.2, 0.25) is 0 Å². The van der Waals surface area contributed by atoms with E-state index < -0.39 is 22.6 Å². The van der Waals surface area contributed by atoms with Gasteiger partial charge in [-0.25, -0.2) is 13.2 Å². The third kappa shape index (κ3) is 4.14. The first-order valence-corrected chi connectivity index (χ1v) is 10.2. The lowest BCUT2D eigenvalue weighted by molar-refractivity contribution is -0.0258. The maximum Gasteiger partial charge on any atom is 0.338 e. The van der Waals surface area contributed by atoms with Crippen molar-refractivity contribution in [3.05, 3.63) is 64.7 Å². The minimum Gasteiger partial charge on any atom is -0.454 e. The summed E-state index contributed by atoms with van der Waals surface area (Å²) in [6.07, 6.45) is 3.06. The fourth-order valence-electron chi connectivity index (χ4n) is 3.07. The largest absolute Gasteiger partial charge is 0.454 e. The van der Waals surface area contributed by atoms with Crippen molar-refractivity contribution < 1.29 is 27.6 Å². The number of benzene rings is 2.